The highest BCUT2D eigenvalue weighted by Crippen LogP contribution is 2.26. The van der Waals surface area contributed by atoms with Gasteiger partial charge < -0.3 is 20.7 Å². The molecule has 1 aliphatic rings. The third-order valence-corrected chi connectivity index (χ3v) is 4.11. The molecular formula is C14H15N5O2S. The lowest BCUT2D eigenvalue weighted by Gasteiger charge is -2.08. The molecule has 0 saturated carbocycles. The van der Waals surface area contributed by atoms with Gasteiger partial charge in [0.05, 0.1) is 12.1 Å². The molecule has 0 fully saturated rings. The second-order valence-corrected chi connectivity index (χ2v) is 5.96. The van der Waals surface area contributed by atoms with Gasteiger partial charge in [-0.15, -0.1) is 0 Å². The number of imidazole rings is 1. The van der Waals surface area contributed by atoms with Gasteiger partial charge in [0.15, 0.2) is 16.7 Å². The van der Waals surface area contributed by atoms with Gasteiger partial charge in [-0.05, 0) is 19.1 Å². The Morgan fingerprint density at radius 2 is 2.18 bits per heavy atom. The van der Waals surface area contributed by atoms with Crippen LogP contribution < -0.4 is 10.6 Å². The Hall–Kier alpha value is -2.32. The van der Waals surface area contributed by atoms with Crippen molar-refractivity contribution >= 4 is 34.3 Å². The van der Waals surface area contributed by atoms with Crippen LogP contribution in [0.3, 0.4) is 0 Å². The van der Waals surface area contributed by atoms with Crippen LogP contribution in [0.5, 0.6) is 0 Å². The average molecular weight is 317 g/mol. The van der Waals surface area contributed by atoms with Gasteiger partial charge in [-0.3, -0.25) is 4.79 Å². The molecule has 1 aromatic heterocycles. The fourth-order valence-corrected chi connectivity index (χ4v) is 2.84. The van der Waals surface area contributed by atoms with Crippen molar-refractivity contribution in [1.29, 1.82) is 0 Å². The van der Waals surface area contributed by atoms with Gasteiger partial charge in [-0.1, -0.05) is 30.0 Å². The number of aliphatic imine (C=N–C) groups is 1. The van der Waals surface area contributed by atoms with Crippen LogP contribution in [0, 0.1) is 0 Å². The topological polar surface area (TPSA) is 102 Å². The standard InChI is InChI=1S/C14H15N5O2S/c1-14(21)7-22-13(19-14)18-11-10(15-8-16-11)12(20)17-9-5-3-2-4-6-9/h2-6,8,21H,7H2,1H3,(H,15,16)(H,17,20)(H,18,19). The maximum Gasteiger partial charge on any atom is 0.275 e. The first kappa shape index (κ1) is 14.6. The van der Waals surface area contributed by atoms with E-state index in [1.165, 1.54) is 18.1 Å². The van der Waals surface area contributed by atoms with Crippen molar-refractivity contribution in [3.8, 4) is 0 Å². The minimum Gasteiger partial charge on any atom is -0.369 e. The van der Waals surface area contributed by atoms with E-state index >= 15 is 0 Å². The summed E-state index contributed by atoms with van der Waals surface area (Å²) in [7, 11) is 0. The molecule has 0 bridgehead atoms. The summed E-state index contributed by atoms with van der Waals surface area (Å²) >= 11 is 1.38. The van der Waals surface area contributed by atoms with E-state index in [9.17, 15) is 9.90 Å². The number of carbonyl (C=O) groups is 1. The number of amidine groups is 1. The predicted molar refractivity (Wildman–Crippen MR) is 87.1 cm³/mol. The molecule has 1 atom stereocenters. The number of amides is 1. The van der Waals surface area contributed by atoms with Crippen LogP contribution in [0.1, 0.15) is 17.4 Å². The Balaban J connectivity index is 1.74. The third-order valence-electron chi connectivity index (χ3n) is 2.95. The quantitative estimate of drug-likeness (QED) is 0.692. The summed E-state index contributed by atoms with van der Waals surface area (Å²) in [6, 6.07) is 9.16. The van der Waals surface area contributed by atoms with Crippen LogP contribution in [0.25, 0.3) is 0 Å². The zero-order valence-electron chi connectivity index (χ0n) is 11.8. The number of carbonyl (C=O) groups excluding carboxylic acids is 1. The second kappa shape index (κ2) is 5.82. The number of hydrogen-bond donors (Lipinski definition) is 4. The Morgan fingerprint density at radius 3 is 2.86 bits per heavy atom. The number of nitrogens with one attached hydrogen (secondary N) is 3. The predicted octanol–water partition coefficient (Wildman–Crippen LogP) is 1.89. The lowest BCUT2D eigenvalue weighted by Crippen LogP contribution is -2.20. The Labute approximate surface area is 131 Å². The molecule has 4 N–H and O–H groups in total. The molecule has 2 heterocycles. The van der Waals surface area contributed by atoms with E-state index < -0.39 is 5.72 Å². The number of hydrogen-bond acceptors (Lipinski definition) is 6. The van der Waals surface area contributed by atoms with Gasteiger partial charge in [-0.25, -0.2) is 9.98 Å². The summed E-state index contributed by atoms with van der Waals surface area (Å²) in [5.74, 6) is 0.532. The third kappa shape index (κ3) is 3.29. The maximum absolute atomic E-state index is 12.3. The van der Waals surface area contributed by atoms with Gasteiger partial charge in [0, 0.05) is 5.69 Å². The highest BCUT2D eigenvalue weighted by Gasteiger charge is 2.28. The summed E-state index contributed by atoms with van der Waals surface area (Å²) in [5.41, 5.74) is -0.0854. The fraction of sp³-hybridized carbons (Fsp3) is 0.214. The summed E-state index contributed by atoms with van der Waals surface area (Å²) in [4.78, 5) is 23.3. The number of aromatic nitrogens is 2. The van der Waals surface area contributed by atoms with Crippen LogP contribution in [0.4, 0.5) is 11.5 Å². The largest absolute Gasteiger partial charge is 0.369 e. The highest BCUT2D eigenvalue weighted by atomic mass is 32.2. The van der Waals surface area contributed by atoms with Gasteiger partial charge in [-0.2, -0.15) is 0 Å². The van der Waals surface area contributed by atoms with Crippen LogP contribution in [0.15, 0.2) is 41.7 Å². The lowest BCUT2D eigenvalue weighted by atomic mass is 10.3. The number of aromatic amines is 1. The minimum absolute atomic E-state index is 0.304. The number of H-pyrrole nitrogens is 1. The number of aliphatic hydroxyl groups is 1. The zero-order valence-corrected chi connectivity index (χ0v) is 12.6. The van der Waals surface area contributed by atoms with Crippen molar-refractivity contribution < 1.29 is 9.90 Å². The number of para-hydroxylation sites is 1. The smallest absolute Gasteiger partial charge is 0.275 e. The number of anilines is 2. The average Bonchev–Trinajstić information content (AvgIpc) is 3.07. The molecule has 1 unspecified atom stereocenters. The van der Waals surface area contributed by atoms with E-state index in [2.05, 4.69) is 25.6 Å². The van der Waals surface area contributed by atoms with Gasteiger partial charge in [0.25, 0.3) is 5.91 Å². The van der Waals surface area contributed by atoms with Gasteiger partial charge in [0.1, 0.15) is 5.69 Å². The van der Waals surface area contributed by atoms with E-state index in [4.69, 9.17) is 0 Å². The van der Waals surface area contributed by atoms with Gasteiger partial charge >= 0.3 is 0 Å². The molecule has 2 aromatic rings. The van der Waals surface area contributed by atoms with Crippen molar-refractivity contribution in [3.63, 3.8) is 0 Å². The van der Waals surface area contributed by atoms with Crippen molar-refractivity contribution in [1.82, 2.24) is 9.97 Å². The normalized spacial score (nSPS) is 20.5. The van der Waals surface area contributed by atoms with Crippen molar-refractivity contribution in [2.45, 2.75) is 12.6 Å². The minimum atomic E-state index is -1.09. The number of rotatable bonds is 3. The molecule has 0 aliphatic carbocycles. The second-order valence-electron chi connectivity index (χ2n) is 4.99. The fourth-order valence-electron chi connectivity index (χ4n) is 1.93. The molecule has 0 saturated heterocycles. The summed E-state index contributed by atoms with van der Waals surface area (Å²) in [5, 5.41) is 16.1. The molecule has 1 amide bonds. The first-order chi connectivity index (χ1) is 10.5. The Bertz CT molecular complexity index is 711. The molecule has 0 radical (unpaired) electrons. The molecule has 7 nitrogen and oxygen atoms in total. The van der Waals surface area contributed by atoms with E-state index in [-0.39, 0.29) is 5.91 Å². The van der Waals surface area contributed by atoms with Crippen molar-refractivity contribution in [2.24, 2.45) is 4.99 Å². The number of nitrogens with zero attached hydrogens (tertiary/aromatic N) is 2. The van der Waals surface area contributed by atoms with Crippen molar-refractivity contribution in [3.05, 3.63) is 42.4 Å². The first-order valence-electron chi connectivity index (χ1n) is 6.65. The highest BCUT2D eigenvalue weighted by molar-refractivity contribution is 8.14. The lowest BCUT2D eigenvalue weighted by molar-refractivity contribution is 0.0987. The molecular weight excluding hydrogens is 302 g/mol. The molecule has 0 spiro atoms. The van der Waals surface area contributed by atoms with E-state index in [0.29, 0.717) is 28.1 Å². The van der Waals surface area contributed by atoms with E-state index in [0.717, 1.165) is 0 Å². The molecule has 3 rings (SSSR count). The van der Waals surface area contributed by atoms with E-state index in [1.807, 2.05) is 18.2 Å². The monoisotopic (exact) mass is 317 g/mol. The maximum atomic E-state index is 12.3. The summed E-state index contributed by atoms with van der Waals surface area (Å²) < 4.78 is 0. The molecule has 8 heteroatoms. The Kier molecular flexibility index (Phi) is 3.86. The van der Waals surface area contributed by atoms with Crippen molar-refractivity contribution in [2.75, 3.05) is 16.4 Å². The van der Waals surface area contributed by atoms with Crippen LogP contribution in [-0.2, 0) is 0 Å². The van der Waals surface area contributed by atoms with Crippen LogP contribution in [0.2, 0.25) is 0 Å². The molecule has 1 aromatic carbocycles. The summed E-state index contributed by atoms with van der Waals surface area (Å²) in [6.45, 7) is 1.63. The summed E-state index contributed by atoms with van der Waals surface area (Å²) in [6.07, 6.45) is 1.43. The SMILES string of the molecule is CC1(O)CSC(Nc2nc[nH]c2C(=O)Nc2ccccc2)=N1. The number of benzene rings is 1. The number of thioether (sulfide) groups is 1. The zero-order chi connectivity index (χ0) is 15.6. The van der Waals surface area contributed by atoms with Crippen LogP contribution >= 0.6 is 11.8 Å². The first-order valence-corrected chi connectivity index (χ1v) is 7.64. The van der Waals surface area contributed by atoms with Gasteiger partial charge in [0.2, 0.25) is 0 Å². The molecule has 1 aliphatic heterocycles. The molecule has 22 heavy (non-hydrogen) atoms. The van der Waals surface area contributed by atoms with Crippen LogP contribution in [-0.4, -0.2) is 37.6 Å². The van der Waals surface area contributed by atoms with E-state index in [1.54, 1.807) is 19.1 Å². The molecule has 114 valence electrons. The Morgan fingerprint density at radius 1 is 1.41 bits per heavy atom.